The van der Waals surface area contributed by atoms with Gasteiger partial charge in [-0.05, 0) is 48.7 Å². The molecule has 4 heteroatoms. The van der Waals surface area contributed by atoms with E-state index in [2.05, 4.69) is 10.3 Å². The fraction of sp³-hybridized carbons (Fsp3) is 0.167. The molecule has 0 aliphatic heterocycles. The fourth-order valence-electron chi connectivity index (χ4n) is 3.00. The normalized spacial score (nSPS) is 15.7. The Bertz CT molecular complexity index is 847. The Labute approximate surface area is 127 Å². The second kappa shape index (κ2) is 4.70. The molecule has 0 radical (unpaired) electrons. The SMILES string of the molecule is O=C(Nc1ccc(F)cc1)C1(c2c[nH]c3ccccc23)CC1. The summed E-state index contributed by atoms with van der Waals surface area (Å²) in [6, 6.07) is 13.9. The van der Waals surface area contributed by atoms with Crippen molar-refractivity contribution in [1.82, 2.24) is 4.98 Å². The zero-order chi connectivity index (χ0) is 15.2. The van der Waals surface area contributed by atoms with Gasteiger partial charge in [0.15, 0.2) is 0 Å². The van der Waals surface area contributed by atoms with Crippen LogP contribution in [0, 0.1) is 5.82 Å². The van der Waals surface area contributed by atoms with Crippen molar-refractivity contribution in [2.45, 2.75) is 18.3 Å². The molecular weight excluding hydrogens is 279 g/mol. The maximum Gasteiger partial charge on any atom is 0.235 e. The lowest BCUT2D eigenvalue weighted by atomic mass is 9.94. The number of carbonyl (C=O) groups is 1. The Morgan fingerprint density at radius 1 is 1.09 bits per heavy atom. The van der Waals surface area contributed by atoms with Crippen LogP contribution in [0.3, 0.4) is 0 Å². The predicted octanol–water partition coefficient (Wildman–Crippen LogP) is 3.98. The first-order chi connectivity index (χ1) is 10.7. The van der Waals surface area contributed by atoms with Crippen LogP contribution >= 0.6 is 0 Å². The highest BCUT2D eigenvalue weighted by molar-refractivity contribution is 6.04. The lowest BCUT2D eigenvalue weighted by Gasteiger charge is -2.15. The van der Waals surface area contributed by atoms with Crippen LogP contribution in [0.15, 0.2) is 54.7 Å². The van der Waals surface area contributed by atoms with Crippen molar-refractivity contribution in [3.8, 4) is 0 Å². The number of benzene rings is 2. The predicted molar refractivity (Wildman–Crippen MR) is 84.2 cm³/mol. The topological polar surface area (TPSA) is 44.9 Å². The molecule has 1 fully saturated rings. The molecule has 1 amide bonds. The van der Waals surface area contributed by atoms with E-state index >= 15 is 0 Å². The number of halogens is 1. The van der Waals surface area contributed by atoms with Gasteiger partial charge in [-0.1, -0.05) is 18.2 Å². The Morgan fingerprint density at radius 3 is 2.55 bits per heavy atom. The van der Waals surface area contributed by atoms with Crippen LogP contribution in [0.25, 0.3) is 10.9 Å². The van der Waals surface area contributed by atoms with Gasteiger partial charge in [0.1, 0.15) is 5.82 Å². The summed E-state index contributed by atoms with van der Waals surface area (Å²) in [5.74, 6) is -0.334. The van der Waals surface area contributed by atoms with E-state index in [1.807, 2.05) is 30.5 Å². The smallest absolute Gasteiger partial charge is 0.235 e. The average molecular weight is 294 g/mol. The van der Waals surface area contributed by atoms with Crippen LogP contribution in [0.4, 0.5) is 10.1 Å². The highest BCUT2D eigenvalue weighted by Gasteiger charge is 2.52. The number of amides is 1. The van der Waals surface area contributed by atoms with Gasteiger partial charge in [0.05, 0.1) is 5.41 Å². The van der Waals surface area contributed by atoms with Gasteiger partial charge in [-0.2, -0.15) is 0 Å². The van der Waals surface area contributed by atoms with Crippen LogP contribution in [-0.4, -0.2) is 10.9 Å². The number of anilines is 1. The summed E-state index contributed by atoms with van der Waals surface area (Å²) in [6.45, 7) is 0. The summed E-state index contributed by atoms with van der Waals surface area (Å²) >= 11 is 0. The minimum absolute atomic E-state index is 0.0242. The third-order valence-electron chi connectivity index (χ3n) is 4.39. The number of nitrogens with one attached hydrogen (secondary N) is 2. The summed E-state index contributed by atoms with van der Waals surface area (Å²) in [5, 5.41) is 4.00. The number of hydrogen-bond acceptors (Lipinski definition) is 1. The van der Waals surface area contributed by atoms with E-state index in [1.54, 1.807) is 12.1 Å². The van der Waals surface area contributed by atoms with E-state index < -0.39 is 5.41 Å². The molecule has 1 aromatic heterocycles. The van der Waals surface area contributed by atoms with E-state index in [-0.39, 0.29) is 11.7 Å². The third kappa shape index (κ3) is 1.99. The second-order valence-corrected chi connectivity index (χ2v) is 5.79. The molecule has 1 aliphatic carbocycles. The van der Waals surface area contributed by atoms with Crippen molar-refractivity contribution in [3.05, 3.63) is 66.1 Å². The Hall–Kier alpha value is -2.62. The van der Waals surface area contributed by atoms with E-state index in [9.17, 15) is 9.18 Å². The number of para-hydroxylation sites is 1. The summed E-state index contributed by atoms with van der Waals surface area (Å²) < 4.78 is 13.0. The van der Waals surface area contributed by atoms with Crippen LogP contribution in [0.2, 0.25) is 0 Å². The first-order valence-electron chi connectivity index (χ1n) is 7.33. The number of aromatic nitrogens is 1. The lowest BCUT2D eigenvalue weighted by Crippen LogP contribution is -2.27. The summed E-state index contributed by atoms with van der Waals surface area (Å²) in [5.41, 5.74) is 2.24. The first kappa shape index (κ1) is 13.1. The van der Waals surface area contributed by atoms with Crippen molar-refractivity contribution in [2.24, 2.45) is 0 Å². The van der Waals surface area contributed by atoms with Gasteiger partial charge in [-0.3, -0.25) is 4.79 Å². The number of H-pyrrole nitrogens is 1. The zero-order valence-electron chi connectivity index (χ0n) is 11.9. The van der Waals surface area contributed by atoms with Gasteiger partial charge in [-0.15, -0.1) is 0 Å². The molecule has 3 aromatic rings. The minimum atomic E-state index is -0.464. The fourth-order valence-corrected chi connectivity index (χ4v) is 3.00. The summed E-state index contributed by atoms with van der Waals surface area (Å²) in [7, 11) is 0. The van der Waals surface area contributed by atoms with Gasteiger partial charge in [0.2, 0.25) is 5.91 Å². The monoisotopic (exact) mass is 294 g/mol. The maximum atomic E-state index is 13.0. The van der Waals surface area contributed by atoms with E-state index in [1.165, 1.54) is 12.1 Å². The number of rotatable bonds is 3. The summed E-state index contributed by atoms with van der Waals surface area (Å²) in [6.07, 6.45) is 3.60. The number of aromatic amines is 1. The molecule has 1 aliphatic rings. The molecule has 0 spiro atoms. The van der Waals surface area contributed by atoms with Gasteiger partial charge < -0.3 is 10.3 Å². The maximum absolute atomic E-state index is 13.0. The van der Waals surface area contributed by atoms with Crippen molar-refractivity contribution in [1.29, 1.82) is 0 Å². The molecule has 3 nitrogen and oxygen atoms in total. The van der Waals surface area contributed by atoms with Crippen LogP contribution in [-0.2, 0) is 10.2 Å². The molecule has 110 valence electrons. The molecule has 0 saturated heterocycles. The molecule has 2 N–H and O–H groups in total. The number of fused-ring (bicyclic) bond motifs is 1. The Kier molecular flexibility index (Phi) is 2.79. The molecule has 0 bridgehead atoms. The number of hydrogen-bond donors (Lipinski definition) is 2. The third-order valence-corrected chi connectivity index (χ3v) is 4.39. The molecule has 0 unspecified atom stereocenters. The molecule has 2 aromatic carbocycles. The lowest BCUT2D eigenvalue weighted by molar-refractivity contribution is -0.118. The van der Waals surface area contributed by atoms with Gasteiger partial charge in [0.25, 0.3) is 0 Å². The quantitative estimate of drug-likeness (QED) is 0.754. The van der Waals surface area contributed by atoms with E-state index in [0.717, 1.165) is 29.3 Å². The number of carbonyl (C=O) groups excluding carboxylic acids is 1. The van der Waals surface area contributed by atoms with Crippen molar-refractivity contribution < 1.29 is 9.18 Å². The standard InChI is InChI=1S/C18H15FN2O/c19-12-5-7-13(8-6-12)21-17(22)18(9-10-18)15-11-20-16-4-2-1-3-14(15)16/h1-8,11,20H,9-10H2,(H,21,22). The highest BCUT2D eigenvalue weighted by atomic mass is 19.1. The van der Waals surface area contributed by atoms with Gasteiger partial charge in [-0.25, -0.2) is 4.39 Å². The molecular formula is C18H15FN2O. The highest BCUT2D eigenvalue weighted by Crippen LogP contribution is 2.51. The van der Waals surface area contributed by atoms with Gasteiger partial charge in [0, 0.05) is 22.8 Å². The summed E-state index contributed by atoms with van der Waals surface area (Å²) in [4.78, 5) is 15.9. The first-order valence-corrected chi connectivity index (χ1v) is 7.33. The van der Waals surface area contributed by atoms with E-state index in [4.69, 9.17) is 0 Å². The van der Waals surface area contributed by atoms with Crippen LogP contribution in [0.1, 0.15) is 18.4 Å². The van der Waals surface area contributed by atoms with E-state index in [0.29, 0.717) is 5.69 Å². The van der Waals surface area contributed by atoms with Crippen molar-refractivity contribution in [2.75, 3.05) is 5.32 Å². The zero-order valence-corrected chi connectivity index (χ0v) is 11.9. The minimum Gasteiger partial charge on any atom is -0.361 e. The molecule has 1 saturated carbocycles. The largest absolute Gasteiger partial charge is 0.361 e. The molecule has 4 rings (SSSR count). The second-order valence-electron chi connectivity index (χ2n) is 5.79. The van der Waals surface area contributed by atoms with Crippen LogP contribution < -0.4 is 5.32 Å². The molecule has 22 heavy (non-hydrogen) atoms. The average Bonchev–Trinajstić information content (AvgIpc) is 3.23. The Balaban J connectivity index is 1.66. The van der Waals surface area contributed by atoms with Crippen molar-refractivity contribution in [3.63, 3.8) is 0 Å². The van der Waals surface area contributed by atoms with Crippen LogP contribution in [0.5, 0.6) is 0 Å². The van der Waals surface area contributed by atoms with Gasteiger partial charge >= 0.3 is 0 Å². The Morgan fingerprint density at radius 2 is 1.82 bits per heavy atom. The van der Waals surface area contributed by atoms with Crippen molar-refractivity contribution >= 4 is 22.5 Å². The molecule has 0 atom stereocenters. The molecule has 1 heterocycles.